The number of hydrogen-bond donors (Lipinski definition) is 2. The smallest absolute Gasteiger partial charge is 0.296 e. The molecule has 1 aromatic heterocycles. The van der Waals surface area contributed by atoms with E-state index in [1.54, 1.807) is 26.0 Å². The van der Waals surface area contributed by atoms with Gasteiger partial charge < -0.3 is 14.8 Å². The summed E-state index contributed by atoms with van der Waals surface area (Å²) in [6.07, 6.45) is 0.0198. The average molecular weight is 434 g/mol. The van der Waals surface area contributed by atoms with Crippen LogP contribution in [-0.2, 0) is 9.59 Å². The number of Topliss-reactive ketones (excluding diaryl/α,β-unsaturated/α-hetero) is 1. The van der Waals surface area contributed by atoms with Crippen molar-refractivity contribution in [3.05, 3.63) is 64.9 Å². The van der Waals surface area contributed by atoms with Gasteiger partial charge in [-0.3, -0.25) is 14.5 Å². The Hall–Kier alpha value is -3.61. The number of nitrogens with zero attached hydrogens (tertiary/aromatic N) is 2. The molecule has 0 aliphatic carbocycles. The SMILES string of the molecule is Cc1ccc2nc(N3C(=O)C(O)=C(C(=O)C(C)C)C3c3ccc(OC(C)C)cc3)[nH]c2c1. The van der Waals surface area contributed by atoms with Gasteiger partial charge in [-0.25, -0.2) is 4.98 Å². The Bertz CT molecular complexity index is 1220. The Kier molecular flexibility index (Phi) is 5.50. The summed E-state index contributed by atoms with van der Waals surface area (Å²) in [4.78, 5) is 35.3. The van der Waals surface area contributed by atoms with Crippen LogP contribution < -0.4 is 9.64 Å². The summed E-state index contributed by atoms with van der Waals surface area (Å²) in [6, 6.07) is 12.2. The number of H-pyrrole nitrogens is 1. The van der Waals surface area contributed by atoms with E-state index in [0.717, 1.165) is 11.1 Å². The summed E-state index contributed by atoms with van der Waals surface area (Å²) < 4.78 is 5.72. The van der Waals surface area contributed by atoms with E-state index in [4.69, 9.17) is 4.74 Å². The van der Waals surface area contributed by atoms with Crippen molar-refractivity contribution in [1.82, 2.24) is 9.97 Å². The number of nitrogens with one attached hydrogen (secondary N) is 1. The Morgan fingerprint density at radius 1 is 1.12 bits per heavy atom. The second kappa shape index (κ2) is 8.15. The van der Waals surface area contributed by atoms with Crippen molar-refractivity contribution in [2.45, 2.75) is 46.8 Å². The molecule has 0 radical (unpaired) electrons. The molecule has 1 unspecified atom stereocenters. The van der Waals surface area contributed by atoms with Gasteiger partial charge in [0, 0.05) is 5.92 Å². The third-order valence-electron chi connectivity index (χ3n) is 5.42. The van der Waals surface area contributed by atoms with Crippen LogP contribution in [0.3, 0.4) is 0 Å². The number of hydrogen-bond acceptors (Lipinski definition) is 5. The molecular formula is C25H27N3O4. The number of anilines is 1. The zero-order valence-electron chi connectivity index (χ0n) is 18.8. The minimum absolute atomic E-state index is 0.0198. The lowest BCUT2D eigenvalue weighted by atomic mass is 9.91. The number of imidazole rings is 1. The van der Waals surface area contributed by atoms with Crippen LogP contribution in [0.15, 0.2) is 53.8 Å². The van der Waals surface area contributed by atoms with Crippen LogP contribution >= 0.6 is 0 Å². The maximum Gasteiger partial charge on any atom is 0.296 e. The number of amides is 1. The molecule has 1 amide bonds. The molecule has 0 fully saturated rings. The lowest BCUT2D eigenvalue weighted by molar-refractivity contribution is -0.119. The second-order valence-corrected chi connectivity index (χ2v) is 8.68. The fraction of sp³-hybridized carbons (Fsp3) is 0.320. The highest BCUT2D eigenvalue weighted by molar-refractivity contribution is 6.16. The summed E-state index contributed by atoms with van der Waals surface area (Å²) in [7, 11) is 0. The number of aromatic amines is 1. The van der Waals surface area contributed by atoms with Gasteiger partial charge in [-0.15, -0.1) is 0 Å². The molecule has 1 aliphatic rings. The number of fused-ring (bicyclic) bond motifs is 1. The summed E-state index contributed by atoms with van der Waals surface area (Å²) in [6.45, 7) is 9.34. The minimum Gasteiger partial charge on any atom is -0.503 e. The molecule has 2 heterocycles. The van der Waals surface area contributed by atoms with E-state index >= 15 is 0 Å². The zero-order valence-corrected chi connectivity index (χ0v) is 18.8. The topological polar surface area (TPSA) is 95.5 Å². The third-order valence-corrected chi connectivity index (χ3v) is 5.42. The fourth-order valence-electron chi connectivity index (χ4n) is 3.93. The molecule has 4 rings (SSSR count). The summed E-state index contributed by atoms with van der Waals surface area (Å²) in [5.41, 5.74) is 3.28. The zero-order chi connectivity index (χ0) is 23.2. The van der Waals surface area contributed by atoms with Crippen molar-refractivity contribution in [2.24, 2.45) is 5.92 Å². The van der Waals surface area contributed by atoms with Crippen molar-refractivity contribution in [3.8, 4) is 5.75 Å². The van der Waals surface area contributed by atoms with Crippen molar-refractivity contribution in [1.29, 1.82) is 0 Å². The van der Waals surface area contributed by atoms with Crippen LogP contribution in [0.4, 0.5) is 5.95 Å². The molecule has 7 nitrogen and oxygen atoms in total. The van der Waals surface area contributed by atoms with E-state index in [0.29, 0.717) is 16.8 Å². The van der Waals surface area contributed by atoms with Gasteiger partial charge in [-0.2, -0.15) is 0 Å². The van der Waals surface area contributed by atoms with Gasteiger partial charge in [0.25, 0.3) is 5.91 Å². The predicted molar refractivity (Wildman–Crippen MR) is 123 cm³/mol. The van der Waals surface area contributed by atoms with Crippen LogP contribution in [-0.4, -0.2) is 32.9 Å². The molecule has 0 bridgehead atoms. The number of carbonyl (C=O) groups is 2. The highest BCUT2D eigenvalue weighted by Gasteiger charge is 2.46. The highest BCUT2D eigenvalue weighted by Crippen LogP contribution is 2.41. The van der Waals surface area contributed by atoms with Gasteiger partial charge in [0.05, 0.1) is 28.8 Å². The van der Waals surface area contributed by atoms with Crippen LogP contribution in [0.1, 0.15) is 44.9 Å². The molecule has 2 aromatic carbocycles. The molecular weight excluding hydrogens is 406 g/mol. The number of ketones is 1. The van der Waals surface area contributed by atoms with E-state index in [2.05, 4.69) is 9.97 Å². The molecule has 0 saturated carbocycles. The van der Waals surface area contributed by atoms with E-state index in [-0.39, 0.29) is 29.3 Å². The Labute approximate surface area is 186 Å². The predicted octanol–water partition coefficient (Wildman–Crippen LogP) is 4.78. The van der Waals surface area contributed by atoms with Crippen molar-refractivity contribution in [2.75, 3.05) is 4.90 Å². The molecule has 3 aromatic rings. The lowest BCUT2D eigenvalue weighted by Crippen LogP contribution is -2.32. The molecule has 32 heavy (non-hydrogen) atoms. The van der Waals surface area contributed by atoms with Gasteiger partial charge in [0.15, 0.2) is 11.5 Å². The third kappa shape index (κ3) is 3.75. The van der Waals surface area contributed by atoms with Gasteiger partial charge in [0.2, 0.25) is 5.95 Å². The van der Waals surface area contributed by atoms with Crippen molar-refractivity contribution in [3.63, 3.8) is 0 Å². The molecule has 1 atom stereocenters. The lowest BCUT2D eigenvalue weighted by Gasteiger charge is -2.25. The van der Waals surface area contributed by atoms with Crippen LogP contribution in [0.5, 0.6) is 5.75 Å². The number of benzene rings is 2. The van der Waals surface area contributed by atoms with E-state index in [9.17, 15) is 14.7 Å². The van der Waals surface area contributed by atoms with E-state index in [1.165, 1.54) is 4.90 Å². The molecule has 2 N–H and O–H groups in total. The molecule has 166 valence electrons. The Morgan fingerprint density at radius 2 is 1.81 bits per heavy atom. The van der Waals surface area contributed by atoms with E-state index in [1.807, 2.05) is 51.1 Å². The minimum atomic E-state index is -0.799. The first-order chi connectivity index (χ1) is 15.2. The first-order valence-corrected chi connectivity index (χ1v) is 10.7. The first-order valence-electron chi connectivity index (χ1n) is 10.7. The normalized spacial score (nSPS) is 16.7. The number of aromatic nitrogens is 2. The first kappa shape index (κ1) is 21.6. The fourth-order valence-corrected chi connectivity index (χ4v) is 3.93. The van der Waals surface area contributed by atoms with Gasteiger partial charge >= 0.3 is 0 Å². The Morgan fingerprint density at radius 3 is 2.44 bits per heavy atom. The average Bonchev–Trinajstić information content (AvgIpc) is 3.25. The van der Waals surface area contributed by atoms with Crippen LogP contribution in [0.25, 0.3) is 11.0 Å². The molecule has 0 spiro atoms. The number of aryl methyl sites for hydroxylation is 1. The molecule has 1 aliphatic heterocycles. The molecule has 0 saturated heterocycles. The number of ether oxygens (including phenoxy) is 1. The quantitative estimate of drug-likeness (QED) is 0.583. The summed E-state index contributed by atoms with van der Waals surface area (Å²) in [5.74, 6) is -0.891. The second-order valence-electron chi connectivity index (χ2n) is 8.68. The maximum absolute atomic E-state index is 13.2. The van der Waals surface area contributed by atoms with Crippen LogP contribution in [0, 0.1) is 12.8 Å². The largest absolute Gasteiger partial charge is 0.503 e. The van der Waals surface area contributed by atoms with Gasteiger partial charge in [-0.1, -0.05) is 32.0 Å². The van der Waals surface area contributed by atoms with Gasteiger partial charge in [0.1, 0.15) is 5.75 Å². The number of aliphatic hydroxyl groups excluding tert-OH is 1. The summed E-state index contributed by atoms with van der Waals surface area (Å²) >= 11 is 0. The summed E-state index contributed by atoms with van der Waals surface area (Å²) in [5, 5.41) is 10.7. The Balaban J connectivity index is 1.84. The van der Waals surface area contributed by atoms with Crippen molar-refractivity contribution >= 4 is 28.7 Å². The van der Waals surface area contributed by atoms with Crippen LogP contribution in [0.2, 0.25) is 0 Å². The molecule has 7 heteroatoms. The number of carbonyl (C=O) groups excluding carboxylic acids is 2. The van der Waals surface area contributed by atoms with E-state index < -0.39 is 17.7 Å². The number of aliphatic hydroxyl groups is 1. The standard InChI is InChI=1S/C25H27N3O4/c1-13(2)22(29)20-21(16-7-9-17(10-8-16)32-14(3)4)28(24(31)23(20)30)25-26-18-11-6-15(5)12-19(18)27-25/h6-14,21,30H,1-5H3,(H,26,27). The van der Waals surface area contributed by atoms with Crippen molar-refractivity contribution < 1.29 is 19.4 Å². The highest BCUT2D eigenvalue weighted by atomic mass is 16.5. The van der Waals surface area contributed by atoms with Gasteiger partial charge in [-0.05, 0) is 56.2 Å². The monoisotopic (exact) mass is 433 g/mol. The number of rotatable bonds is 6. The maximum atomic E-state index is 13.2.